The van der Waals surface area contributed by atoms with Crippen molar-refractivity contribution in [2.75, 3.05) is 31.6 Å². The zero-order chi connectivity index (χ0) is 19.4. The van der Waals surface area contributed by atoms with E-state index in [2.05, 4.69) is 16.7 Å². The van der Waals surface area contributed by atoms with Crippen LogP contribution in [0.15, 0.2) is 48.5 Å². The number of nitro benzene ring substituents is 1. The standard InChI is InChI=1S/C20H23N3O4/c1-15-13-22(18-9-5-17(6-10-18)20(24)27-2)12-11-21(15)14-16-3-7-19(8-4-16)23(25)26/h3-10,15H,11-14H2,1-2H3. The van der Waals surface area contributed by atoms with Gasteiger partial charge in [0.15, 0.2) is 0 Å². The topological polar surface area (TPSA) is 75.9 Å². The molecular formula is C20H23N3O4. The van der Waals surface area contributed by atoms with Crippen molar-refractivity contribution in [2.45, 2.75) is 19.5 Å². The molecule has 27 heavy (non-hydrogen) atoms. The van der Waals surface area contributed by atoms with E-state index in [0.717, 1.165) is 37.4 Å². The first kappa shape index (κ1) is 18.8. The highest BCUT2D eigenvalue weighted by Gasteiger charge is 2.24. The number of nitro groups is 1. The monoisotopic (exact) mass is 369 g/mol. The van der Waals surface area contributed by atoms with E-state index in [4.69, 9.17) is 4.74 Å². The Morgan fingerprint density at radius 1 is 1.15 bits per heavy atom. The number of nitrogens with zero attached hydrogens (tertiary/aromatic N) is 3. The third kappa shape index (κ3) is 4.43. The summed E-state index contributed by atoms with van der Waals surface area (Å²) in [6.07, 6.45) is 0. The van der Waals surface area contributed by atoms with Gasteiger partial charge in [-0.15, -0.1) is 0 Å². The number of rotatable bonds is 5. The first-order valence-electron chi connectivity index (χ1n) is 8.88. The quantitative estimate of drug-likeness (QED) is 0.458. The number of ether oxygens (including phenoxy) is 1. The van der Waals surface area contributed by atoms with Crippen molar-refractivity contribution in [3.63, 3.8) is 0 Å². The number of hydrogen-bond acceptors (Lipinski definition) is 6. The van der Waals surface area contributed by atoms with Crippen LogP contribution in [0.4, 0.5) is 11.4 Å². The van der Waals surface area contributed by atoms with Crippen LogP contribution < -0.4 is 4.90 Å². The number of non-ortho nitro benzene ring substituents is 1. The third-order valence-electron chi connectivity index (χ3n) is 4.95. The van der Waals surface area contributed by atoms with Gasteiger partial charge in [-0.25, -0.2) is 4.79 Å². The fourth-order valence-electron chi connectivity index (χ4n) is 3.35. The first-order valence-corrected chi connectivity index (χ1v) is 8.88. The smallest absolute Gasteiger partial charge is 0.337 e. The van der Waals surface area contributed by atoms with E-state index in [9.17, 15) is 14.9 Å². The lowest BCUT2D eigenvalue weighted by atomic mass is 10.1. The summed E-state index contributed by atoms with van der Waals surface area (Å²) in [7, 11) is 1.38. The summed E-state index contributed by atoms with van der Waals surface area (Å²) in [6, 6.07) is 14.6. The largest absolute Gasteiger partial charge is 0.465 e. The number of carbonyl (C=O) groups is 1. The summed E-state index contributed by atoms with van der Waals surface area (Å²) < 4.78 is 4.73. The first-order chi connectivity index (χ1) is 13.0. The van der Waals surface area contributed by atoms with Crippen molar-refractivity contribution in [1.29, 1.82) is 0 Å². The van der Waals surface area contributed by atoms with Crippen LogP contribution in [-0.2, 0) is 11.3 Å². The molecule has 0 radical (unpaired) electrons. The van der Waals surface area contributed by atoms with Crippen molar-refractivity contribution >= 4 is 17.3 Å². The van der Waals surface area contributed by atoms with E-state index in [0.29, 0.717) is 11.6 Å². The number of carbonyl (C=O) groups excluding carboxylic acids is 1. The Morgan fingerprint density at radius 2 is 1.81 bits per heavy atom. The van der Waals surface area contributed by atoms with Gasteiger partial charge in [0.25, 0.3) is 5.69 Å². The molecule has 142 valence electrons. The van der Waals surface area contributed by atoms with Gasteiger partial charge in [0.1, 0.15) is 0 Å². The van der Waals surface area contributed by atoms with Crippen LogP contribution >= 0.6 is 0 Å². The molecule has 0 N–H and O–H groups in total. The zero-order valence-corrected chi connectivity index (χ0v) is 15.5. The van der Waals surface area contributed by atoms with Crippen LogP contribution in [0, 0.1) is 10.1 Å². The molecule has 1 unspecified atom stereocenters. The second kappa shape index (κ2) is 8.18. The minimum absolute atomic E-state index is 0.118. The minimum Gasteiger partial charge on any atom is -0.465 e. The average molecular weight is 369 g/mol. The van der Waals surface area contributed by atoms with Crippen molar-refractivity contribution in [2.24, 2.45) is 0 Å². The lowest BCUT2D eigenvalue weighted by Crippen LogP contribution is -2.51. The van der Waals surface area contributed by atoms with Crippen molar-refractivity contribution in [3.05, 3.63) is 69.8 Å². The van der Waals surface area contributed by atoms with Gasteiger partial charge in [0.05, 0.1) is 17.6 Å². The Morgan fingerprint density at radius 3 is 2.37 bits per heavy atom. The van der Waals surface area contributed by atoms with Crippen molar-refractivity contribution in [3.8, 4) is 0 Å². The maximum Gasteiger partial charge on any atom is 0.337 e. The summed E-state index contributed by atoms with van der Waals surface area (Å²) in [5, 5.41) is 10.8. The van der Waals surface area contributed by atoms with E-state index < -0.39 is 0 Å². The molecule has 0 amide bonds. The van der Waals surface area contributed by atoms with Crippen LogP contribution in [0.25, 0.3) is 0 Å². The Labute approximate surface area is 158 Å². The van der Waals surface area contributed by atoms with Gasteiger partial charge < -0.3 is 9.64 Å². The van der Waals surface area contributed by atoms with E-state index in [1.807, 2.05) is 24.3 Å². The van der Waals surface area contributed by atoms with Crippen LogP contribution in [0.5, 0.6) is 0 Å². The molecule has 0 aliphatic carbocycles. The van der Waals surface area contributed by atoms with E-state index in [-0.39, 0.29) is 16.6 Å². The van der Waals surface area contributed by atoms with Crippen LogP contribution in [0.3, 0.4) is 0 Å². The molecule has 0 spiro atoms. The molecule has 0 aromatic heterocycles. The summed E-state index contributed by atoms with van der Waals surface area (Å²) in [5.74, 6) is -0.331. The van der Waals surface area contributed by atoms with E-state index in [1.54, 1.807) is 24.3 Å². The molecule has 2 aromatic carbocycles. The van der Waals surface area contributed by atoms with Crippen LogP contribution in [0.2, 0.25) is 0 Å². The molecule has 1 heterocycles. The second-order valence-electron chi connectivity index (χ2n) is 6.73. The maximum atomic E-state index is 11.5. The number of methoxy groups -OCH3 is 1. The molecule has 3 rings (SSSR count). The van der Waals surface area contributed by atoms with E-state index in [1.165, 1.54) is 7.11 Å². The minimum atomic E-state index is -0.378. The summed E-state index contributed by atoms with van der Waals surface area (Å²) in [5.41, 5.74) is 2.82. The molecule has 7 heteroatoms. The molecule has 0 bridgehead atoms. The lowest BCUT2D eigenvalue weighted by Gasteiger charge is -2.41. The highest BCUT2D eigenvalue weighted by atomic mass is 16.6. The molecule has 1 aliphatic heterocycles. The predicted molar refractivity (Wildman–Crippen MR) is 103 cm³/mol. The Bertz CT molecular complexity index is 805. The van der Waals surface area contributed by atoms with Crippen molar-refractivity contribution < 1.29 is 14.5 Å². The molecule has 2 aromatic rings. The molecule has 1 fully saturated rings. The number of anilines is 1. The van der Waals surface area contributed by atoms with E-state index >= 15 is 0 Å². The number of hydrogen-bond donors (Lipinski definition) is 0. The van der Waals surface area contributed by atoms with Crippen LogP contribution in [0.1, 0.15) is 22.8 Å². The molecule has 0 saturated carbocycles. The summed E-state index contributed by atoms with van der Waals surface area (Å²) in [4.78, 5) is 26.6. The van der Waals surface area contributed by atoms with Crippen molar-refractivity contribution in [1.82, 2.24) is 4.90 Å². The molecule has 7 nitrogen and oxygen atoms in total. The molecule has 1 atom stereocenters. The Balaban J connectivity index is 1.60. The number of piperazine rings is 1. The highest BCUT2D eigenvalue weighted by molar-refractivity contribution is 5.89. The van der Waals surface area contributed by atoms with Crippen LogP contribution in [-0.4, -0.2) is 48.6 Å². The Kier molecular flexibility index (Phi) is 5.71. The van der Waals surface area contributed by atoms with Gasteiger partial charge in [-0.2, -0.15) is 0 Å². The Hall–Kier alpha value is -2.93. The van der Waals surface area contributed by atoms with Gasteiger partial charge >= 0.3 is 5.97 Å². The molecule has 1 saturated heterocycles. The maximum absolute atomic E-state index is 11.5. The zero-order valence-electron chi connectivity index (χ0n) is 15.5. The fraction of sp³-hybridized carbons (Fsp3) is 0.350. The lowest BCUT2D eigenvalue weighted by molar-refractivity contribution is -0.384. The van der Waals surface area contributed by atoms with Gasteiger partial charge in [-0.05, 0) is 36.8 Å². The van der Waals surface area contributed by atoms with Gasteiger partial charge in [-0.3, -0.25) is 15.0 Å². The van der Waals surface area contributed by atoms with Gasteiger partial charge in [0, 0.05) is 50.0 Å². The SMILES string of the molecule is COC(=O)c1ccc(N2CCN(Cc3ccc([N+](=O)[O-])cc3)C(C)C2)cc1. The predicted octanol–water partition coefficient (Wildman–Crippen LogP) is 3.09. The second-order valence-corrected chi connectivity index (χ2v) is 6.73. The average Bonchev–Trinajstić information content (AvgIpc) is 2.69. The highest BCUT2D eigenvalue weighted by Crippen LogP contribution is 2.22. The summed E-state index contributed by atoms with van der Waals surface area (Å²) in [6.45, 7) is 5.62. The number of benzene rings is 2. The normalized spacial score (nSPS) is 17.6. The fourth-order valence-corrected chi connectivity index (χ4v) is 3.35. The van der Waals surface area contributed by atoms with Gasteiger partial charge in [0.2, 0.25) is 0 Å². The van der Waals surface area contributed by atoms with Gasteiger partial charge in [-0.1, -0.05) is 12.1 Å². The number of esters is 1. The molecular weight excluding hydrogens is 346 g/mol. The summed E-state index contributed by atoms with van der Waals surface area (Å²) >= 11 is 0. The molecule has 1 aliphatic rings. The third-order valence-corrected chi connectivity index (χ3v) is 4.95.